The van der Waals surface area contributed by atoms with Gasteiger partial charge >= 0.3 is 0 Å². The maximum absolute atomic E-state index is 12.5. The molecule has 2 aromatic carbocycles. The van der Waals surface area contributed by atoms with E-state index in [-0.39, 0.29) is 11.3 Å². The van der Waals surface area contributed by atoms with Crippen LogP contribution in [0.25, 0.3) is 5.69 Å². The molecule has 0 aliphatic rings. The van der Waals surface area contributed by atoms with E-state index in [1.165, 1.54) is 25.0 Å². The minimum atomic E-state index is -0.601. The zero-order chi connectivity index (χ0) is 21.7. The number of carbonyl (C=O) groups excluding carboxylic acids is 2. The summed E-state index contributed by atoms with van der Waals surface area (Å²) in [4.78, 5) is 24.8. The second kappa shape index (κ2) is 8.95. The summed E-state index contributed by atoms with van der Waals surface area (Å²) in [5, 5.41) is 7.94. The van der Waals surface area contributed by atoms with Crippen LogP contribution in [-0.4, -0.2) is 48.1 Å². The SMILES string of the molecule is COc1cccc(-n2nnc(C(=O)NNC(=O)c3ccc(OC)c(OC)c3)c2C)c1. The minimum absolute atomic E-state index is 0.0745. The Morgan fingerprint density at radius 3 is 2.33 bits per heavy atom. The first-order chi connectivity index (χ1) is 14.5. The van der Waals surface area contributed by atoms with E-state index in [4.69, 9.17) is 14.2 Å². The average molecular weight is 411 g/mol. The van der Waals surface area contributed by atoms with Crippen LogP contribution in [0.15, 0.2) is 42.5 Å². The number of methoxy groups -OCH3 is 3. The molecule has 0 bridgehead atoms. The predicted octanol–water partition coefficient (Wildman–Crippen LogP) is 1.68. The highest BCUT2D eigenvalue weighted by Gasteiger charge is 2.19. The first-order valence-electron chi connectivity index (χ1n) is 8.88. The van der Waals surface area contributed by atoms with E-state index >= 15 is 0 Å². The molecule has 2 amide bonds. The van der Waals surface area contributed by atoms with Crippen molar-refractivity contribution >= 4 is 11.8 Å². The Labute approximate surface area is 172 Å². The van der Waals surface area contributed by atoms with Crippen molar-refractivity contribution in [3.8, 4) is 22.9 Å². The molecule has 10 heteroatoms. The van der Waals surface area contributed by atoms with Crippen LogP contribution in [0, 0.1) is 6.92 Å². The first-order valence-corrected chi connectivity index (χ1v) is 8.88. The van der Waals surface area contributed by atoms with Gasteiger partial charge in [0.1, 0.15) is 5.75 Å². The Balaban J connectivity index is 1.71. The van der Waals surface area contributed by atoms with Crippen molar-refractivity contribution in [3.63, 3.8) is 0 Å². The Hall–Kier alpha value is -4.08. The number of ether oxygens (including phenoxy) is 3. The number of aromatic nitrogens is 3. The predicted molar refractivity (Wildman–Crippen MR) is 107 cm³/mol. The van der Waals surface area contributed by atoms with Gasteiger partial charge in [0.25, 0.3) is 11.8 Å². The van der Waals surface area contributed by atoms with Crippen molar-refractivity contribution in [2.45, 2.75) is 6.92 Å². The molecule has 10 nitrogen and oxygen atoms in total. The van der Waals surface area contributed by atoms with Crippen LogP contribution in [-0.2, 0) is 0 Å². The van der Waals surface area contributed by atoms with Crippen LogP contribution in [0.1, 0.15) is 26.5 Å². The van der Waals surface area contributed by atoms with Gasteiger partial charge < -0.3 is 14.2 Å². The van der Waals surface area contributed by atoms with Crippen molar-refractivity contribution in [2.75, 3.05) is 21.3 Å². The monoisotopic (exact) mass is 411 g/mol. The zero-order valence-electron chi connectivity index (χ0n) is 16.9. The molecule has 3 aromatic rings. The van der Waals surface area contributed by atoms with Gasteiger partial charge in [0.15, 0.2) is 17.2 Å². The molecule has 0 saturated heterocycles. The molecule has 0 aliphatic heterocycles. The lowest BCUT2D eigenvalue weighted by Gasteiger charge is -2.10. The van der Waals surface area contributed by atoms with E-state index in [2.05, 4.69) is 21.2 Å². The second-order valence-corrected chi connectivity index (χ2v) is 6.11. The van der Waals surface area contributed by atoms with Crippen molar-refractivity contribution in [1.82, 2.24) is 25.8 Å². The largest absolute Gasteiger partial charge is 0.497 e. The van der Waals surface area contributed by atoms with Gasteiger partial charge in [0.05, 0.1) is 32.7 Å². The Morgan fingerprint density at radius 2 is 1.63 bits per heavy atom. The molecule has 0 spiro atoms. The number of benzene rings is 2. The second-order valence-electron chi connectivity index (χ2n) is 6.11. The van der Waals surface area contributed by atoms with E-state index in [0.717, 1.165) is 0 Å². The van der Waals surface area contributed by atoms with Crippen molar-refractivity contribution in [2.24, 2.45) is 0 Å². The number of amides is 2. The summed E-state index contributed by atoms with van der Waals surface area (Å²) < 4.78 is 17.0. The molecule has 3 rings (SSSR count). The highest BCUT2D eigenvalue weighted by molar-refractivity contribution is 5.99. The molecule has 2 N–H and O–H groups in total. The molecule has 0 radical (unpaired) electrons. The number of hydrazine groups is 1. The number of nitrogens with zero attached hydrogens (tertiary/aromatic N) is 3. The van der Waals surface area contributed by atoms with E-state index in [0.29, 0.717) is 28.6 Å². The topological polar surface area (TPSA) is 117 Å². The fourth-order valence-electron chi connectivity index (χ4n) is 2.75. The maximum atomic E-state index is 12.5. The van der Waals surface area contributed by atoms with Crippen LogP contribution in [0.4, 0.5) is 0 Å². The fourth-order valence-corrected chi connectivity index (χ4v) is 2.75. The summed E-state index contributed by atoms with van der Waals surface area (Å²) in [5.74, 6) is 0.407. The van der Waals surface area contributed by atoms with Gasteiger partial charge in [-0.25, -0.2) is 4.68 Å². The van der Waals surface area contributed by atoms with Crippen LogP contribution < -0.4 is 25.1 Å². The molecule has 0 unspecified atom stereocenters. The van der Waals surface area contributed by atoms with Crippen molar-refractivity contribution in [3.05, 3.63) is 59.4 Å². The van der Waals surface area contributed by atoms with Gasteiger partial charge in [-0.1, -0.05) is 11.3 Å². The molecule has 0 fully saturated rings. The standard InChI is InChI=1S/C20H21N5O5/c1-12-18(21-24-25(12)14-6-5-7-15(11-14)28-2)20(27)23-22-19(26)13-8-9-16(29-3)17(10-13)30-4/h5-11H,1-4H3,(H,22,26)(H,23,27). The van der Waals surface area contributed by atoms with Gasteiger partial charge in [0, 0.05) is 11.6 Å². The van der Waals surface area contributed by atoms with Gasteiger partial charge in [-0.3, -0.25) is 20.4 Å². The molecule has 1 aromatic heterocycles. The Bertz CT molecular complexity index is 1080. The lowest BCUT2D eigenvalue weighted by Crippen LogP contribution is -2.42. The molecule has 156 valence electrons. The first kappa shape index (κ1) is 20.6. The molecular weight excluding hydrogens is 390 g/mol. The molecule has 0 aliphatic carbocycles. The normalized spacial score (nSPS) is 10.3. The van der Waals surface area contributed by atoms with Crippen LogP contribution in [0.5, 0.6) is 17.2 Å². The van der Waals surface area contributed by atoms with Crippen LogP contribution in [0.3, 0.4) is 0 Å². The highest BCUT2D eigenvalue weighted by Crippen LogP contribution is 2.27. The van der Waals surface area contributed by atoms with Gasteiger partial charge in [-0.05, 0) is 37.3 Å². The summed E-state index contributed by atoms with van der Waals surface area (Å²) in [6.45, 7) is 1.70. The van der Waals surface area contributed by atoms with Gasteiger partial charge in [-0.15, -0.1) is 5.10 Å². The average Bonchev–Trinajstić information content (AvgIpc) is 3.18. The summed E-state index contributed by atoms with van der Waals surface area (Å²) in [7, 11) is 4.53. The Morgan fingerprint density at radius 1 is 0.900 bits per heavy atom. The van der Waals surface area contributed by atoms with E-state index < -0.39 is 11.8 Å². The summed E-state index contributed by atoms with van der Waals surface area (Å²) >= 11 is 0. The Kier molecular flexibility index (Phi) is 6.16. The van der Waals surface area contributed by atoms with Gasteiger partial charge in [-0.2, -0.15) is 0 Å². The quantitative estimate of drug-likeness (QED) is 0.593. The third-order valence-electron chi connectivity index (χ3n) is 4.34. The van der Waals surface area contributed by atoms with Crippen LogP contribution >= 0.6 is 0 Å². The summed E-state index contributed by atoms with van der Waals surface area (Å²) in [6.07, 6.45) is 0. The fraction of sp³-hybridized carbons (Fsp3) is 0.200. The van der Waals surface area contributed by atoms with E-state index in [1.54, 1.807) is 44.4 Å². The maximum Gasteiger partial charge on any atom is 0.292 e. The summed E-state index contributed by atoms with van der Waals surface area (Å²) in [5.41, 5.74) is 6.23. The number of hydrogen-bond acceptors (Lipinski definition) is 7. The molecule has 30 heavy (non-hydrogen) atoms. The van der Waals surface area contributed by atoms with Gasteiger partial charge in [0.2, 0.25) is 0 Å². The van der Waals surface area contributed by atoms with Crippen LogP contribution in [0.2, 0.25) is 0 Å². The summed E-state index contributed by atoms with van der Waals surface area (Å²) in [6, 6.07) is 11.8. The number of hydrogen-bond donors (Lipinski definition) is 2. The highest BCUT2D eigenvalue weighted by atomic mass is 16.5. The minimum Gasteiger partial charge on any atom is -0.497 e. The van der Waals surface area contributed by atoms with E-state index in [9.17, 15) is 9.59 Å². The van der Waals surface area contributed by atoms with Crippen molar-refractivity contribution < 1.29 is 23.8 Å². The third-order valence-corrected chi connectivity index (χ3v) is 4.34. The molecule has 0 saturated carbocycles. The molecule has 1 heterocycles. The number of rotatable bonds is 6. The lowest BCUT2D eigenvalue weighted by molar-refractivity contribution is 0.0843. The lowest BCUT2D eigenvalue weighted by atomic mass is 10.2. The smallest absolute Gasteiger partial charge is 0.292 e. The third kappa shape index (κ3) is 4.17. The number of carbonyl (C=O) groups is 2. The van der Waals surface area contributed by atoms with E-state index in [1.807, 2.05) is 6.07 Å². The number of nitrogens with one attached hydrogen (secondary N) is 2. The molecular formula is C20H21N5O5. The zero-order valence-corrected chi connectivity index (χ0v) is 16.9. The van der Waals surface area contributed by atoms with Crippen molar-refractivity contribution in [1.29, 1.82) is 0 Å². The molecule has 0 atom stereocenters.